The Kier molecular flexibility index (Phi) is 4.80. The van der Waals surface area contributed by atoms with Gasteiger partial charge in [-0.25, -0.2) is 0 Å². The minimum Gasteiger partial charge on any atom is -0.409 e. The molecule has 6 heteroatoms. The number of likely N-dealkylation sites (tertiary alicyclic amines) is 1. The van der Waals surface area contributed by atoms with Crippen LogP contribution >= 0.6 is 0 Å². The molecule has 0 spiro atoms. The number of hydrogen-bond acceptors (Lipinski definition) is 5. The van der Waals surface area contributed by atoms with Crippen LogP contribution in [0.5, 0.6) is 0 Å². The zero-order chi connectivity index (χ0) is 11.3. The van der Waals surface area contributed by atoms with Gasteiger partial charge >= 0.3 is 0 Å². The number of rotatable bonds is 5. The molecule has 1 aliphatic heterocycles. The van der Waals surface area contributed by atoms with Crippen LogP contribution in [0.4, 0.5) is 0 Å². The van der Waals surface area contributed by atoms with Gasteiger partial charge in [-0.2, -0.15) is 0 Å². The molecule has 0 aromatic heterocycles. The van der Waals surface area contributed by atoms with Crippen LogP contribution in [0, 0.1) is 0 Å². The second-order valence-electron chi connectivity index (χ2n) is 3.55. The molecule has 0 aromatic rings. The minimum absolute atomic E-state index is 0.0662. The Labute approximate surface area is 89.6 Å². The van der Waals surface area contributed by atoms with Crippen LogP contribution < -0.4 is 5.73 Å². The van der Waals surface area contributed by atoms with Crippen LogP contribution in [0.1, 0.15) is 6.92 Å². The molecular weight excluding hydrogens is 198 g/mol. The zero-order valence-corrected chi connectivity index (χ0v) is 9.22. The molecule has 0 aromatic carbocycles. The lowest BCUT2D eigenvalue weighted by Crippen LogP contribution is -2.33. The molecule has 1 aliphatic rings. The molecule has 0 unspecified atom stereocenters. The quantitative estimate of drug-likeness (QED) is 0.280. The van der Waals surface area contributed by atoms with Crippen molar-refractivity contribution in [1.29, 1.82) is 0 Å². The Balaban J connectivity index is 2.45. The van der Waals surface area contributed by atoms with Crippen molar-refractivity contribution in [3.63, 3.8) is 0 Å². The van der Waals surface area contributed by atoms with Crippen molar-refractivity contribution in [3.05, 3.63) is 0 Å². The van der Waals surface area contributed by atoms with Crippen LogP contribution in [0.2, 0.25) is 0 Å². The number of ether oxygens (including phenoxy) is 2. The molecule has 1 rings (SSSR count). The third kappa shape index (κ3) is 3.33. The number of nitrogens with zero attached hydrogens (tertiary/aromatic N) is 2. The molecule has 0 bridgehead atoms. The van der Waals surface area contributed by atoms with E-state index in [-0.39, 0.29) is 18.0 Å². The molecule has 88 valence electrons. The fraction of sp³-hybridized carbons (Fsp3) is 0.889. The van der Waals surface area contributed by atoms with Gasteiger partial charge in [-0.3, -0.25) is 4.90 Å². The Hall–Kier alpha value is -0.850. The van der Waals surface area contributed by atoms with Crippen LogP contribution in [-0.4, -0.2) is 61.5 Å². The lowest BCUT2D eigenvalue weighted by Gasteiger charge is -2.16. The lowest BCUT2D eigenvalue weighted by molar-refractivity contribution is -0.0233. The first kappa shape index (κ1) is 12.2. The summed E-state index contributed by atoms with van der Waals surface area (Å²) in [5, 5.41) is 11.4. The smallest absolute Gasteiger partial charge is 0.153 e. The van der Waals surface area contributed by atoms with Crippen molar-refractivity contribution in [1.82, 2.24) is 4.90 Å². The van der Waals surface area contributed by atoms with Gasteiger partial charge in [0.05, 0.1) is 18.8 Å². The van der Waals surface area contributed by atoms with E-state index >= 15 is 0 Å². The summed E-state index contributed by atoms with van der Waals surface area (Å²) in [6.45, 7) is 4.57. The predicted molar refractivity (Wildman–Crippen MR) is 56.1 cm³/mol. The summed E-state index contributed by atoms with van der Waals surface area (Å²) in [6.07, 6.45) is 0.142. The van der Waals surface area contributed by atoms with E-state index in [9.17, 15) is 0 Å². The van der Waals surface area contributed by atoms with E-state index in [1.165, 1.54) is 0 Å². The van der Waals surface area contributed by atoms with Crippen molar-refractivity contribution in [2.75, 3.05) is 33.4 Å². The van der Waals surface area contributed by atoms with Gasteiger partial charge in [0, 0.05) is 26.8 Å². The summed E-state index contributed by atoms with van der Waals surface area (Å²) in [6, 6.07) is 0. The highest BCUT2D eigenvalue weighted by molar-refractivity contribution is 5.81. The molecule has 1 heterocycles. The van der Waals surface area contributed by atoms with Gasteiger partial charge in [0.25, 0.3) is 0 Å². The monoisotopic (exact) mass is 217 g/mol. The van der Waals surface area contributed by atoms with Crippen molar-refractivity contribution in [2.45, 2.75) is 19.1 Å². The topological polar surface area (TPSA) is 80.3 Å². The van der Waals surface area contributed by atoms with Gasteiger partial charge in [-0.05, 0) is 6.92 Å². The number of hydrogen-bond donors (Lipinski definition) is 2. The first-order chi connectivity index (χ1) is 7.21. The number of amidine groups is 1. The summed E-state index contributed by atoms with van der Waals surface area (Å²) < 4.78 is 10.9. The van der Waals surface area contributed by atoms with Gasteiger partial charge in [-0.1, -0.05) is 5.16 Å². The maximum atomic E-state index is 8.46. The molecule has 6 nitrogen and oxygen atoms in total. The maximum absolute atomic E-state index is 8.46. The molecule has 1 saturated heterocycles. The zero-order valence-electron chi connectivity index (χ0n) is 9.22. The van der Waals surface area contributed by atoms with Crippen LogP contribution in [0.3, 0.4) is 0 Å². The van der Waals surface area contributed by atoms with E-state index in [2.05, 4.69) is 5.16 Å². The highest BCUT2D eigenvalue weighted by atomic mass is 16.5. The summed E-state index contributed by atoms with van der Waals surface area (Å²) in [4.78, 5) is 2.05. The van der Waals surface area contributed by atoms with Crippen molar-refractivity contribution < 1.29 is 14.7 Å². The van der Waals surface area contributed by atoms with Crippen LogP contribution in [0.25, 0.3) is 0 Å². The molecule has 3 N–H and O–H groups in total. The Morgan fingerprint density at radius 3 is 2.73 bits per heavy atom. The SMILES string of the molecule is CCO[C@H]1CN(CC(N)=NO)C[C@@H]1OC. The molecular formula is C9H19N3O3. The van der Waals surface area contributed by atoms with Gasteiger partial charge in [0.2, 0.25) is 0 Å². The largest absolute Gasteiger partial charge is 0.409 e. The third-order valence-corrected chi connectivity index (χ3v) is 2.49. The molecule has 0 radical (unpaired) electrons. The highest BCUT2D eigenvalue weighted by Crippen LogP contribution is 2.15. The second-order valence-corrected chi connectivity index (χ2v) is 3.55. The van der Waals surface area contributed by atoms with Gasteiger partial charge in [0.15, 0.2) is 5.84 Å². The number of methoxy groups -OCH3 is 1. The van der Waals surface area contributed by atoms with E-state index in [1.54, 1.807) is 7.11 Å². The maximum Gasteiger partial charge on any atom is 0.153 e. The van der Waals surface area contributed by atoms with Gasteiger partial charge < -0.3 is 20.4 Å². The lowest BCUT2D eigenvalue weighted by atomic mass is 10.2. The van der Waals surface area contributed by atoms with E-state index < -0.39 is 0 Å². The van der Waals surface area contributed by atoms with Gasteiger partial charge in [-0.15, -0.1) is 0 Å². The third-order valence-electron chi connectivity index (χ3n) is 2.49. The van der Waals surface area contributed by atoms with E-state index in [0.29, 0.717) is 13.2 Å². The standard InChI is InChI=1S/C9H19N3O3/c1-3-15-8-5-12(4-7(8)14-2)6-9(10)11-13/h7-8,13H,3-6H2,1-2H3,(H2,10,11)/t7-,8-/m0/s1. The summed E-state index contributed by atoms with van der Waals surface area (Å²) in [7, 11) is 1.67. The summed E-state index contributed by atoms with van der Waals surface area (Å²) >= 11 is 0. The Morgan fingerprint density at radius 1 is 1.53 bits per heavy atom. The fourth-order valence-electron chi connectivity index (χ4n) is 1.81. The van der Waals surface area contributed by atoms with Crippen molar-refractivity contribution in [3.8, 4) is 0 Å². The van der Waals surface area contributed by atoms with Crippen LogP contribution in [-0.2, 0) is 9.47 Å². The molecule has 1 fully saturated rings. The molecule has 0 aliphatic carbocycles. The Bertz CT molecular complexity index is 223. The summed E-state index contributed by atoms with van der Waals surface area (Å²) in [5.74, 6) is 0.210. The first-order valence-corrected chi connectivity index (χ1v) is 5.04. The molecule has 2 atom stereocenters. The van der Waals surface area contributed by atoms with Crippen LogP contribution in [0.15, 0.2) is 5.16 Å². The molecule has 15 heavy (non-hydrogen) atoms. The van der Waals surface area contributed by atoms with E-state index in [0.717, 1.165) is 13.1 Å². The first-order valence-electron chi connectivity index (χ1n) is 5.04. The van der Waals surface area contributed by atoms with E-state index in [1.807, 2.05) is 11.8 Å². The van der Waals surface area contributed by atoms with Crippen molar-refractivity contribution in [2.24, 2.45) is 10.9 Å². The second kappa shape index (κ2) is 5.89. The average molecular weight is 217 g/mol. The Morgan fingerprint density at radius 2 is 2.20 bits per heavy atom. The van der Waals surface area contributed by atoms with Gasteiger partial charge in [0.1, 0.15) is 0 Å². The van der Waals surface area contributed by atoms with E-state index in [4.69, 9.17) is 20.4 Å². The predicted octanol–water partition coefficient (Wildman–Crippen LogP) is -0.531. The fourth-order valence-corrected chi connectivity index (χ4v) is 1.81. The number of nitrogens with two attached hydrogens (primary N) is 1. The normalized spacial score (nSPS) is 28.5. The summed E-state index contributed by atoms with van der Waals surface area (Å²) in [5.41, 5.74) is 5.44. The minimum atomic E-state index is 0.0662. The average Bonchev–Trinajstić information content (AvgIpc) is 2.61. The number of oxime groups is 1. The van der Waals surface area contributed by atoms with Crippen molar-refractivity contribution >= 4 is 5.84 Å². The molecule has 0 saturated carbocycles. The molecule has 0 amide bonds. The highest BCUT2D eigenvalue weighted by Gasteiger charge is 2.33.